The molecule has 296 valence electrons. The third-order valence-corrected chi connectivity index (χ3v) is 17.2. The number of carbonyl (C=O) groups is 1. The lowest BCUT2D eigenvalue weighted by atomic mass is 10.4. The van der Waals surface area contributed by atoms with E-state index in [1.54, 1.807) is 6.92 Å². The molecule has 16 nitrogen and oxygen atoms in total. The number of carbonyl (C=O) groups excluding carboxylic acids is 1. The zero-order valence-electron chi connectivity index (χ0n) is 33.4. The highest BCUT2D eigenvalue weighted by molar-refractivity contribution is 7.82. The van der Waals surface area contributed by atoms with Crippen LogP contribution in [0.3, 0.4) is 0 Å². The monoisotopic (exact) mass is 770 g/mol. The molecule has 0 radical (unpaired) electrons. The van der Waals surface area contributed by atoms with Crippen molar-refractivity contribution in [1.29, 1.82) is 0 Å². The predicted octanol–water partition coefficient (Wildman–Crippen LogP) is 3.68. The summed E-state index contributed by atoms with van der Waals surface area (Å²) in [6.45, 7) is 13.8. The molecule has 1 rings (SSSR count). The van der Waals surface area contributed by atoms with Gasteiger partial charge in [-0.3, -0.25) is 20.3 Å². The van der Waals surface area contributed by atoms with E-state index >= 15 is 0 Å². The molecule has 0 aromatic carbocycles. The van der Waals surface area contributed by atoms with E-state index < -0.39 is 28.6 Å². The molecule has 1 heterocycles. The normalized spacial score (nSPS) is 18.5. The smallest absolute Gasteiger partial charge is 0.333 e. The minimum Gasteiger partial charge on any atom is -0.460 e. The number of ether oxygens (including phenoxy) is 1. The minimum absolute atomic E-state index is 0.0744. The first-order valence-corrected chi connectivity index (χ1v) is 22.9. The van der Waals surface area contributed by atoms with Crippen LogP contribution in [0.4, 0.5) is 0 Å². The molecular formula is C31H74N13O3P3. The van der Waals surface area contributed by atoms with Gasteiger partial charge in [0.2, 0.25) is 15.0 Å². The van der Waals surface area contributed by atoms with Crippen LogP contribution in [0.2, 0.25) is 0 Å². The van der Waals surface area contributed by atoms with Crippen molar-refractivity contribution in [1.82, 2.24) is 49.9 Å². The molecule has 0 spiro atoms. The molecule has 19 heteroatoms. The average Bonchev–Trinajstić information content (AvgIpc) is 3.02. The van der Waals surface area contributed by atoms with Gasteiger partial charge in [-0.2, -0.15) is 13.5 Å². The third kappa shape index (κ3) is 21.2. The summed E-state index contributed by atoms with van der Waals surface area (Å²) in [7, 11) is 12.2. The zero-order chi connectivity index (χ0) is 37.6. The summed E-state index contributed by atoms with van der Waals surface area (Å²) < 4.78 is 28.9. The molecule has 50 heavy (non-hydrogen) atoms. The second kappa shape index (κ2) is 25.5. The molecule has 1 atom stereocenters. The Bertz CT molecular complexity index is 1070. The molecule has 0 saturated carbocycles. The summed E-state index contributed by atoms with van der Waals surface area (Å²) in [6.07, 6.45) is 4.64. The van der Waals surface area contributed by atoms with E-state index in [-0.39, 0.29) is 13.2 Å². The van der Waals surface area contributed by atoms with Gasteiger partial charge in [0.15, 0.2) is 0 Å². The van der Waals surface area contributed by atoms with Crippen LogP contribution in [0.5, 0.6) is 0 Å². The van der Waals surface area contributed by atoms with E-state index in [1.165, 1.54) is 0 Å². The number of nitrogens with zero attached hydrogens (tertiary/aromatic N) is 8. The SMILES string of the molecule is C=C(C)C(=O)OCCOP1(NCCCN(C)C)=NP(NCCCN(C)C)(NCCCN(C)C)=NP(NCCCN(C)C)(NCCCN(C)C)=N1. The quantitative estimate of drug-likeness (QED) is 0.0314. The van der Waals surface area contributed by atoms with Crippen molar-refractivity contribution in [2.24, 2.45) is 13.5 Å². The lowest BCUT2D eigenvalue weighted by molar-refractivity contribution is -0.139. The van der Waals surface area contributed by atoms with E-state index in [0.29, 0.717) is 12.1 Å². The fourth-order valence-electron chi connectivity index (χ4n) is 4.68. The maximum Gasteiger partial charge on any atom is 0.333 e. The minimum atomic E-state index is -3.07. The van der Waals surface area contributed by atoms with Gasteiger partial charge in [0.1, 0.15) is 6.61 Å². The lowest BCUT2D eigenvalue weighted by Gasteiger charge is -2.37. The van der Waals surface area contributed by atoms with Gasteiger partial charge in [-0.25, -0.2) is 9.88 Å². The zero-order valence-corrected chi connectivity index (χ0v) is 36.1. The van der Waals surface area contributed by atoms with Gasteiger partial charge in [0.25, 0.3) is 7.58 Å². The Kier molecular flexibility index (Phi) is 24.2. The molecular weight excluding hydrogens is 695 g/mol. The first kappa shape index (κ1) is 47.5. The largest absolute Gasteiger partial charge is 0.460 e. The maximum absolute atomic E-state index is 12.2. The van der Waals surface area contributed by atoms with Gasteiger partial charge in [-0.15, -0.1) is 0 Å². The Hall–Kier alpha value is -0.540. The second-order valence-corrected chi connectivity index (χ2v) is 21.6. The Morgan fingerprint density at radius 3 is 1.22 bits per heavy atom. The van der Waals surface area contributed by atoms with E-state index in [4.69, 9.17) is 22.8 Å². The number of rotatable bonds is 30. The Morgan fingerprint density at radius 1 is 0.540 bits per heavy atom. The molecule has 0 saturated heterocycles. The standard InChI is InChI=1S/C31H74N13O3P3/c1-30(2)31(45)46-28-29-47-50(36-22-17-27-44(11)12)38-48(32-18-13-23-40(3)4,33-19-14-24-41(5)6)37-49(39-50,34-20-15-25-42(7)8)35-21-16-26-43(9)10/h32-36H,1,13-29H2,2-12H3. The van der Waals surface area contributed by atoms with Crippen LogP contribution in [-0.4, -0.2) is 180 Å². The predicted molar refractivity (Wildman–Crippen MR) is 216 cm³/mol. The first-order valence-electron chi connectivity index (χ1n) is 17.9. The molecule has 1 aliphatic rings. The summed E-state index contributed by atoms with van der Waals surface area (Å²) in [5, 5.41) is 19.1. The Labute approximate surface area is 305 Å². The highest BCUT2D eigenvalue weighted by atomic mass is 31.3. The molecule has 0 aromatic heterocycles. The van der Waals surface area contributed by atoms with E-state index in [0.717, 1.165) is 91.0 Å². The Morgan fingerprint density at radius 2 is 0.880 bits per heavy atom. The van der Waals surface area contributed by atoms with Crippen LogP contribution in [0.15, 0.2) is 25.7 Å². The van der Waals surface area contributed by atoms with Crippen molar-refractivity contribution < 1.29 is 14.1 Å². The highest BCUT2D eigenvalue weighted by Crippen LogP contribution is 2.72. The summed E-state index contributed by atoms with van der Waals surface area (Å²) in [5.41, 5.74) is 0.352. The van der Waals surface area contributed by atoms with Crippen LogP contribution in [0.25, 0.3) is 0 Å². The number of esters is 1. The topological polar surface area (TPSA) is 149 Å². The molecule has 0 fully saturated rings. The van der Waals surface area contributed by atoms with Crippen LogP contribution in [0.1, 0.15) is 39.0 Å². The Balaban J connectivity index is 3.86. The second-order valence-electron chi connectivity index (χ2n) is 14.1. The van der Waals surface area contributed by atoms with Crippen molar-refractivity contribution >= 4 is 28.6 Å². The average molecular weight is 770 g/mol. The van der Waals surface area contributed by atoms with Crippen molar-refractivity contribution in [2.45, 2.75) is 39.0 Å². The van der Waals surface area contributed by atoms with Crippen LogP contribution >= 0.6 is 22.6 Å². The summed E-state index contributed by atoms with van der Waals surface area (Å²) in [6, 6.07) is 0. The van der Waals surface area contributed by atoms with Crippen LogP contribution in [0, 0.1) is 0 Å². The number of nitrogens with one attached hydrogen (secondary N) is 5. The molecule has 1 aliphatic heterocycles. The third-order valence-electron chi connectivity index (χ3n) is 7.25. The molecule has 0 aliphatic carbocycles. The fourth-order valence-corrected chi connectivity index (χ4v) is 16.3. The van der Waals surface area contributed by atoms with Crippen molar-refractivity contribution in [3.8, 4) is 0 Å². The fraction of sp³-hybridized carbons (Fsp3) is 0.903. The van der Waals surface area contributed by atoms with Crippen molar-refractivity contribution in [3.63, 3.8) is 0 Å². The molecule has 0 amide bonds. The molecule has 1 unspecified atom stereocenters. The van der Waals surface area contributed by atoms with Gasteiger partial charge in [0, 0.05) is 38.3 Å². The number of hydrogen-bond acceptors (Lipinski definition) is 16. The summed E-state index contributed by atoms with van der Waals surface area (Å²) >= 11 is 0. The van der Waals surface area contributed by atoms with Crippen molar-refractivity contribution in [3.05, 3.63) is 12.2 Å². The lowest BCUT2D eigenvalue weighted by Crippen LogP contribution is -2.32. The van der Waals surface area contributed by atoms with E-state index in [2.05, 4.69) is 127 Å². The molecule has 5 N–H and O–H groups in total. The molecule has 0 aromatic rings. The van der Waals surface area contributed by atoms with Gasteiger partial charge in [-0.1, -0.05) is 6.58 Å². The van der Waals surface area contributed by atoms with Gasteiger partial charge >= 0.3 is 5.97 Å². The van der Waals surface area contributed by atoms with Gasteiger partial charge < -0.3 is 33.8 Å². The van der Waals surface area contributed by atoms with Crippen LogP contribution < -0.4 is 25.4 Å². The summed E-state index contributed by atoms with van der Waals surface area (Å²) in [4.78, 5) is 23.2. The van der Waals surface area contributed by atoms with Gasteiger partial charge in [0.05, 0.1) is 6.61 Å². The number of hydrogen-bond donors (Lipinski definition) is 5. The van der Waals surface area contributed by atoms with Crippen molar-refractivity contribution in [2.75, 3.05) is 149 Å². The van der Waals surface area contributed by atoms with Gasteiger partial charge in [-0.05, 0) is 142 Å². The van der Waals surface area contributed by atoms with E-state index in [9.17, 15) is 4.79 Å². The maximum atomic E-state index is 12.2. The molecule has 0 bridgehead atoms. The van der Waals surface area contributed by atoms with E-state index in [1.807, 2.05) is 0 Å². The summed E-state index contributed by atoms with van der Waals surface area (Å²) in [5.74, 6) is -0.439. The first-order chi connectivity index (χ1) is 23.5. The highest BCUT2D eigenvalue weighted by Gasteiger charge is 2.38. The van der Waals surface area contributed by atoms with Crippen LogP contribution in [-0.2, 0) is 14.1 Å².